The molecule has 0 heterocycles. The lowest BCUT2D eigenvalue weighted by molar-refractivity contribution is -0.156. The molecular formula is C10H19NO2. The predicted molar refractivity (Wildman–Crippen MR) is 51.2 cm³/mol. The maximum atomic E-state index is 11.3. The van der Waals surface area contributed by atoms with E-state index in [-0.39, 0.29) is 17.6 Å². The van der Waals surface area contributed by atoms with Gasteiger partial charge in [-0.1, -0.05) is 0 Å². The van der Waals surface area contributed by atoms with Gasteiger partial charge in [0.1, 0.15) is 5.60 Å². The normalized spacial score (nSPS) is 28.0. The zero-order valence-electron chi connectivity index (χ0n) is 8.67. The first kappa shape index (κ1) is 10.5. The van der Waals surface area contributed by atoms with Crippen LogP contribution in [0.4, 0.5) is 0 Å². The van der Waals surface area contributed by atoms with Gasteiger partial charge in [-0.2, -0.15) is 0 Å². The fourth-order valence-electron chi connectivity index (χ4n) is 1.45. The second-order valence-corrected chi connectivity index (χ2v) is 4.79. The molecule has 3 heteroatoms. The molecule has 0 aromatic rings. The van der Waals surface area contributed by atoms with E-state index in [1.54, 1.807) is 0 Å². The van der Waals surface area contributed by atoms with Gasteiger partial charge in [0, 0.05) is 12.5 Å². The molecule has 0 saturated heterocycles. The highest BCUT2D eigenvalue weighted by atomic mass is 16.6. The smallest absolute Gasteiger partial charge is 0.306 e. The molecule has 2 N–H and O–H groups in total. The zero-order chi connectivity index (χ0) is 10.1. The number of hydrogen-bond donors (Lipinski definition) is 1. The van der Waals surface area contributed by atoms with Gasteiger partial charge < -0.3 is 10.5 Å². The zero-order valence-corrected chi connectivity index (χ0v) is 8.67. The summed E-state index contributed by atoms with van der Waals surface area (Å²) < 4.78 is 5.20. The van der Waals surface area contributed by atoms with E-state index in [2.05, 4.69) is 0 Å². The van der Waals surface area contributed by atoms with Crippen LogP contribution in [0.3, 0.4) is 0 Å². The Morgan fingerprint density at radius 1 is 1.46 bits per heavy atom. The molecule has 0 amide bonds. The predicted octanol–water partition coefficient (Wildman–Crippen LogP) is 1.46. The summed E-state index contributed by atoms with van der Waals surface area (Å²) in [6, 6.07) is 0.215. The lowest BCUT2D eigenvalue weighted by Crippen LogP contribution is -2.41. The summed E-state index contributed by atoms with van der Waals surface area (Å²) in [4.78, 5) is 11.3. The van der Waals surface area contributed by atoms with Crippen LogP contribution in [0, 0.1) is 5.92 Å². The van der Waals surface area contributed by atoms with E-state index in [4.69, 9.17) is 10.5 Å². The van der Waals surface area contributed by atoms with Gasteiger partial charge in [0.25, 0.3) is 0 Å². The third-order valence-electron chi connectivity index (χ3n) is 2.33. The molecule has 0 radical (unpaired) electrons. The van der Waals surface area contributed by atoms with Crippen LogP contribution in [-0.2, 0) is 9.53 Å². The van der Waals surface area contributed by atoms with Crippen LogP contribution in [0.1, 0.15) is 40.0 Å². The minimum absolute atomic E-state index is 0.118. The van der Waals surface area contributed by atoms with Crippen molar-refractivity contribution in [2.45, 2.75) is 51.7 Å². The molecule has 1 aliphatic carbocycles. The number of hydrogen-bond acceptors (Lipinski definition) is 3. The van der Waals surface area contributed by atoms with E-state index < -0.39 is 0 Å². The first-order valence-electron chi connectivity index (χ1n) is 4.86. The summed E-state index contributed by atoms with van der Waals surface area (Å²) in [6.07, 6.45) is 2.60. The van der Waals surface area contributed by atoms with E-state index in [1.165, 1.54) is 0 Å². The average Bonchev–Trinajstić information content (AvgIpc) is 1.94. The van der Waals surface area contributed by atoms with E-state index in [0.717, 1.165) is 12.8 Å². The maximum Gasteiger partial charge on any atom is 0.306 e. The Kier molecular flexibility index (Phi) is 2.96. The van der Waals surface area contributed by atoms with E-state index in [1.807, 2.05) is 20.8 Å². The number of ether oxygens (including phenoxy) is 1. The molecule has 2 atom stereocenters. The second kappa shape index (κ2) is 3.66. The Bertz CT molecular complexity index is 196. The minimum Gasteiger partial charge on any atom is -0.460 e. The Morgan fingerprint density at radius 3 is 2.38 bits per heavy atom. The summed E-state index contributed by atoms with van der Waals surface area (Å²) in [5.74, 6) is 0.238. The number of carbonyl (C=O) groups excluding carboxylic acids is 1. The molecule has 0 unspecified atom stereocenters. The highest BCUT2D eigenvalue weighted by molar-refractivity contribution is 5.70. The van der Waals surface area contributed by atoms with Gasteiger partial charge >= 0.3 is 5.97 Å². The number of nitrogens with two attached hydrogens (primary N) is 1. The highest BCUT2D eigenvalue weighted by Crippen LogP contribution is 2.29. The van der Waals surface area contributed by atoms with Crippen molar-refractivity contribution in [3.8, 4) is 0 Å². The van der Waals surface area contributed by atoms with Crippen LogP contribution in [0.25, 0.3) is 0 Å². The van der Waals surface area contributed by atoms with E-state index in [9.17, 15) is 4.79 Å². The third kappa shape index (κ3) is 3.35. The molecular weight excluding hydrogens is 166 g/mol. The van der Waals surface area contributed by atoms with Crippen molar-refractivity contribution >= 4 is 5.97 Å². The van der Waals surface area contributed by atoms with Gasteiger partial charge in [-0.25, -0.2) is 0 Å². The minimum atomic E-state index is -0.370. The third-order valence-corrected chi connectivity index (χ3v) is 2.33. The first-order valence-corrected chi connectivity index (χ1v) is 4.86. The molecule has 0 aromatic carbocycles. The van der Waals surface area contributed by atoms with Gasteiger partial charge in [-0.3, -0.25) is 4.79 Å². The molecule has 0 aliphatic heterocycles. The van der Waals surface area contributed by atoms with Crippen molar-refractivity contribution in [2.75, 3.05) is 0 Å². The van der Waals surface area contributed by atoms with Crippen molar-refractivity contribution in [2.24, 2.45) is 11.7 Å². The van der Waals surface area contributed by atoms with Gasteiger partial charge in [-0.15, -0.1) is 0 Å². The molecule has 13 heavy (non-hydrogen) atoms. The van der Waals surface area contributed by atoms with Crippen molar-refractivity contribution in [3.05, 3.63) is 0 Å². The Morgan fingerprint density at radius 2 is 2.08 bits per heavy atom. The average molecular weight is 185 g/mol. The van der Waals surface area contributed by atoms with Gasteiger partial charge in [0.15, 0.2) is 0 Å². The molecule has 1 aliphatic rings. The summed E-state index contributed by atoms with van der Waals surface area (Å²) in [5, 5.41) is 0. The molecule has 1 fully saturated rings. The summed E-state index contributed by atoms with van der Waals surface area (Å²) >= 11 is 0. The van der Waals surface area contributed by atoms with Crippen molar-refractivity contribution in [1.29, 1.82) is 0 Å². The van der Waals surface area contributed by atoms with Crippen LogP contribution in [-0.4, -0.2) is 17.6 Å². The maximum absolute atomic E-state index is 11.3. The van der Waals surface area contributed by atoms with Crippen LogP contribution in [0.5, 0.6) is 0 Å². The Labute approximate surface area is 79.6 Å². The molecule has 1 rings (SSSR count). The number of esters is 1. The quantitative estimate of drug-likeness (QED) is 0.662. The molecule has 3 nitrogen and oxygen atoms in total. The summed E-state index contributed by atoms with van der Waals surface area (Å²) in [7, 11) is 0. The van der Waals surface area contributed by atoms with Crippen LogP contribution >= 0.6 is 0 Å². The van der Waals surface area contributed by atoms with Crippen LogP contribution in [0.2, 0.25) is 0 Å². The highest BCUT2D eigenvalue weighted by Gasteiger charge is 2.30. The van der Waals surface area contributed by atoms with E-state index in [0.29, 0.717) is 12.3 Å². The Hall–Kier alpha value is -0.570. The molecule has 1 saturated carbocycles. The van der Waals surface area contributed by atoms with Gasteiger partial charge in [0.2, 0.25) is 0 Å². The number of carbonyl (C=O) groups is 1. The number of rotatable bonds is 2. The van der Waals surface area contributed by atoms with Crippen molar-refractivity contribution in [3.63, 3.8) is 0 Å². The fraction of sp³-hybridized carbons (Fsp3) is 0.900. The van der Waals surface area contributed by atoms with E-state index >= 15 is 0 Å². The second-order valence-electron chi connectivity index (χ2n) is 4.79. The monoisotopic (exact) mass is 185 g/mol. The summed E-state index contributed by atoms with van der Waals surface area (Å²) in [6.45, 7) is 5.64. The van der Waals surface area contributed by atoms with Crippen molar-refractivity contribution in [1.82, 2.24) is 0 Å². The van der Waals surface area contributed by atoms with Gasteiger partial charge in [0.05, 0.1) is 0 Å². The van der Waals surface area contributed by atoms with Gasteiger partial charge in [-0.05, 0) is 39.5 Å². The molecule has 0 aromatic heterocycles. The molecule has 76 valence electrons. The first-order chi connectivity index (χ1) is 5.88. The lowest BCUT2D eigenvalue weighted by atomic mass is 9.78. The van der Waals surface area contributed by atoms with Crippen molar-refractivity contribution < 1.29 is 9.53 Å². The summed E-state index contributed by atoms with van der Waals surface area (Å²) in [5.41, 5.74) is 5.36. The largest absolute Gasteiger partial charge is 0.460 e. The Balaban J connectivity index is 2.25. The van der Waals surface area contributed by atoms with Crippen LogP contribution in [0.15, 0.2) is 0 Å². The molecule has 0 spiro atoms. The standard InChI is InChI=1S/C10H19NO2/c1-10(2,3)13-9(12)6-7-4-5-8(7)11/h7-8H,4-6,11H2,1-3H3/t7-,8-/m1/s1. The topological polar surface area (TPSA) is 52.3 Å². The fourth-order valence-corrected chi connectivity index (χ4v) is 1.45. The molecule has 0 bridgehead atoms. The lowest BCUT2D eigenvalue weighted by Gasteiger charge is -2.33. The SMILES string of the molecule is CC(C)(C)OC(=O)C[C@H]1CC[C@H]1N. The van der Waals surface area contributed by atoms with Crippen LogP contribution < -0.4 is 5.73 Å².